The van der Waals surface area contributed by atoms with E-state index in [4.69, 9.17) is 35.0 Å². The summed E-state index contributed by atoms with van der Waals surface area (Å²) in [6.07, 6.45) is 2.82. The van der Waals surface area contributed by atoms with Crippen LogP contribution in [0.3, 0.4) is 0 Å². The van der Waals surface area contributed by atoms with Gasteiger partial charge in [-0.1, -0.05) is 23.2 Å². The molecule has 3 rings (SSSR count). The number of halogens is 2. The summed E-state index contributed by atoms with van der Waals surface area (Å²) in [4.78, 5) is 24.1. The molecule has 0 N–H and O–H groups in total. The van der Waals surface area contributed by atoms with Gasteiger partial charge in [0.05, 0.1) is 33.9 Å². The Hall–Kier alpha value is -2.73. The highest BCUT2D eigenvalue weighted by Crippen LogP contribution is 2.40. The van der Waals surface area contributed by atoms with Crippen molar-refractivity contribution in [2.24, 2.45) is 0 Å². The minimum Gasteiger partial charge on any atom is -0.290 e. The fraction of sp³-hybridized carbons (Fsp3) is 0. The Labute approximate surface area is 135 Å². The predicted octanol–water partition coefficient (Wildman–Crippen LogP) is 3.80. The second kappa shape index (κ2) is 5.23. The van der Waals surface area contributed by atoms with E-state index in [9.17, 15) is 4.79 Å². The van der Waals surface area contributed by atoms with Crippen LogP contribution in [0.15, 0.2) is 30.2 Å². The van der Waals surface area contributed by atoms with E-state index in [1.807, 2.05) is 0 Å². The lowest BCUT2D eigenvalue weighted by Crippen LogP contribution is -2.15. The molecule has 0 radical (unpaired) electrons. The quantitative estimate of drug-likeness (QED) is 0.419. The first-order valence-corrected chi connectivity index (χ1v) is 6.70. The summed E-state index contributed by atoms with van der Waals surface area (Å²) < 4.78 is 0. The summed E-state index contributed by atoms with van der Waals surface area (Å²) in [5, 5.41) is 9.70. The van der Waals surface area contributed by atoms with Crippen LogP contribution in [0.25, 0.3) is 21.8 Å². The normalized spacial score (nSPS) is 14.5. The SMILES string of the molecule is [C-]#[N+]/C(C#N)=C1\C(=O)c2cc(Cl)cnc2-c2ncc(Cl)cc21. The maximum Gasteiger partial charge on any atom is 0.273 e. The van der Waals surface area contributed by atoms with E-state index in [1.165, 1.54) is 24.5 Å². The van der Waals surface area contributed by atoms with Gasteiger partial charge < -0.3 is 0 Å². The highest BCUT2D eigenvalue weighted by Gasteiger charge is 2.32. The second-order valence-electron chi connectivity index (χ2n) is 4.38. The molecule has 1 aliphatic rings. The molecule has 2 heterocycles. The van der Waals surface area contributed by atoms with E-state index in [0.29, 0.717) is 22.0 Å². The van der Waals surface area contributed by atoms with Crippen LogP contribution in [0, 0.1) is 17.9 Å². The molecule has 0 spiro atoms. The van der Waals surface area contributed by atoms with Gasteiger partial charge in [-0.3, -0.25) is 14.8 Å². The molecule has 0 atom stereocenters. The molecule has 0 saturated carbocycles. The lowest BCUT2D eigenvalue weighted by atomic mass is 9.86. The number of rotatable bonds is 0. The third-order valence-electron chi connectivity index (χ3n) is 3.13. The van der Waals surface area contributed by atoms with Crippen molar-refractivity contribution in [1.29, 1.82) is 5.26 Å². The van der Waals surface area contributed by atoms with E-state index in [2.05, 4.69) is 14.8 Å². The zero-order valence-corrected chi connectivity index (χ0v) is 12.3. The lowest BCUT2D eigenvalue weighted by Gasteiger charge is -2.20. The van der Waals surface area contributed by atoms with Crippen molar-refractivity contribution in [3.63, 3.8) is 0 Å². The number of aromatic nitrogens is 2. The number of pyridine rings is 2. The number of allylic oxidation sites excluding steroid dienone is 2. The number of hydrogen-bond acceptors (Lipinski definition) is 4. The van der Waals surface area contributed by atoms with Gasteiger partial charge in [0.1, 0.15) is 5.69 Å². The molecule has 104 valence electrons. The number of carbonyl (C=O) groups is 1. The van der Waals surface area contributed by atoms with E-state index in [1.54, 1.807) is 6.07 Å². The van der Waals surface area contributed by atoms with Gasteiger partial charge in [-0.15, -0.1) is 0 Å². The van der Waals surface area contributed by atoms with Gasteiger partial charge >= 0.3 is 0 Å². The molecule has 0 bridgehead atoms. The summed E-state index contributed by atoms with van der Waals surface area (Å²) >= 11 is 11.8. The molecular formula is C15H4Cl2N4O. The van der Waals surface area contributed by atoms with Crippen LogP contribution in [-0.2, 0) is 0 Å². The third-order valence-corrected chi connectivity index (χ3v) is 3.54. The largest absolute Gasteiger partial charge is 0.290 e. The van der Waals surface area contributed by atoms with Crippen LogP contribution in [0.5, 0.6) is 0 Å². The molecule has 2 aromatic heterocycles. The lowest BCUT2D eigenvalue weighted by molar-refractivity contribution is 0.105. The van der Waals surface area contributed by atoms with Gasteiger partial charge in [-0.05, 0) is 12.1 Å². The zero-order valence-electron chi connectivity index (χ0n) is 10.8. The number of hydrogen-bond donors (Lipinski definition) is 0. The fourth-order valence-electron chi connectivity index (χ4n) is 2.25. The molecule has 1 aliphatic carbocycles. The minimum atomic E-state index is -0.492. The Bertz CT molecular complexity index is 935. The summed E-state index contributed by atoms with van der Waals surface area (Å²) in [5.41, 5.74) is 0.933. The summed E-state index contributed by atoms with van der Waals surface area (Å²) in [5.74, 6) is -0.492. The first-order valence-electron chi connectivity index (χ1n) is 5.95. The molecule has 22 heavy (non-hydrogen) atoms. The van der Waals surface area contributed by atoms with E-state index >= 15 is 0 Å². The van der Waals surface area contributed by atoms with Gasteiger partial charge in [0.2, 0.25) is 0 Å². The maximum atomic E-state index is 12.7. The van der Waals surface area contributed by atoms with Crippen molar-refractivity contribution in [3.05, 3.63) is 62.8 Å². The number of fused-ring (bicyclic) bond motifs is 3. The maximum absolute atomic E-state index is 12.7. The smallest absolute Gasteiger partial charge is 0.273 e. The molecule has 0 fully saturated rings. The average Bonchev–Trinajstić information content (AvgIpc) is 2.51. The molecule has 0 aliphatic heterocycles. The first kappa shape index (κ1) is 14.2. The monoisotopic (exact) mass is 326 g/mol. The number of nitrogens with zero attached hydrogens (tertiary/aromatic N) is 4. The van der Waals surface area contributed by atoms with Crippen LogP contribution in [-0.4, -0.2) is 15.8 Å². The number of Topliss-reactive ketones (excluding diaryl/α,β-unsaturated/α-hetero) is 1. The average molecular weight is 327 g/mol. The van der Waals surface area contributed by atoms with Crippen molar-refractivity contribution < 1.29 is 4.79 Å². The summed E-state index contributed by atoms with van der Waals surface area (Å²) in [7, 11) is 0. The Morgan fingerprint density at radius 3 is 2.23 bits per heavy atom. The van der Waals surface area contributed by atoms with Crippen LogP contribution in [0.4, 0.5) is 0 Å². The predicted molar refractivity (Wildman–Crippen MR) is 81.0 cm³/mol. The number of ketones is 1. The number of nitriles is 1. The second-order valence-corrected chi connectivity index (χ2v) is 5.25. The molecule has 0 saturated heterocycles. The van der Waals surface area contributed by atoms with Crippen molar-refractivity contribution in [1.82, 2.24) is 9.97 Å². The molecule has 5 nitrogen and oxygen atoms in total. The molecule has 2 aromatic rings. The molecule has 7 heteroatoms. The highest BCUT2D eigenvalue weighted by atomic mass is 35.5. The molecular weight excluding hydrogens is 323 g/mol. The first-order chi connectivity index (χ1) is 10.6. The number of carbonyl (C=O) groups excluding carboxylic acids is 1. The van der Waals surface area contributed by atoms with E-state index in [0.717, 1.165) is 0 Å². The molecule has 0 unspecified atom stereocenters. The Morgan fingerprint density at radius 2 is 1.68 bits per heavy atom. The summed E-state index contributed by atoms with van der Waals surface area (Å²) in [6, 6.07) is 4.69. The van der Waals surface area contributed by atoms with Crippen molar-refractivity contribution in [2.75, 3.05) is 0 Å². The topological polar surface area (TPSA) is 71.0 Å². The van der Waals surface area contributed by atoms with Gasteiger partial charge in [0, 0.05) is 23.5 Å². The van der Waals surface area contributed by atoms with Gasteiger partial charge in [0.25, 0.3) is 5.70 Å². The fourth-order valence-corrected chi connectivity index (χ4v) is 2.56. The van der Waals surface area contributed by atoms with Crippen molar-refractivity contribution >= 4 is 34.6 Å². The Kier molecular flexibility index (Phi) is 3.38. The van der Waals surface area contributed by atoms with Gasteiger partial charge in [-0.2, -0.15) is 0 Å². The van der Waals surface area contributed by atoms with Crippen LogP contribution in [0.1, 0.15) is 15.9 Å². The molecule has 0 amide bonds. The Morgan fingerprint density at radius 1 is 1.14 bits per heavy atom. The van der Waals surface area contributed by atoms with Crippen LogP contribution in [0.2, 0.25) is 10.0 Å². The van der Waals surface area contributed by atoms with E-state index < -0.39 is 5.78 Å². The molecule has 0 aromatic carbocycles. The standard InChI is InChI=1S/C15H4Cl2N4O/c1-19-11(4-18)12-9-2-7(16)5-20-13(9)14-10(15(12)22)3-8(17)6-21-14/h2-3,5-6H/b12-11-. The van der Waals surface area contributed by atoms with Crippen LogP contribution >= 0.6 is 23.2 Å². The highest BCUT2D eigenvalue weighted by molar-refractivity contribution is 6.37. The summed E-state index contributed by atoms with van der Waals surface area (Å²) in [6.45, 7) is 7.10. The minimum absolute atomic E-state index is 0.0286. The van der Waals surface area contributed by atoms with E-state index in [-0.39, 0.29) is 21.9 Å². The van der Waals surface area contributed by atoms with Crippen LogP contribution < -0.4 is 0 Å². The van der Waals surface area contributed by atoms with Gasteiger partial charge in [0.15, 0.2) is 5.78 Å². The van der Waals surface area contributed by atoms with Crippen molar-refractivity contribution in [3.8, 4) is 17.5 Å². The van der Waals surface area contributed by atoms with Crippen molar-refractivity contribution in [2.45, 2.75) is 0 Å². The zero-order chi connectivity index (χ0) is 15.9. The van der Waals surface area contributed by atoms with Gasteiger partial charge in [-0.25, -0.2) is 10.1 Å². The Balaban J connectivity index is 2.47. The third kappa shape index (κ3) is 2.05.